The van der Waals surface area contributed by atoms with Crippen LogP contribution < -0.4 is 15.5 Å². The summed E-state index contributed by atoms with van der Waals surface area (Å²) in [7, 11) is 1.71. The van der Waals surface area contributed by atoms with Gasteiger partial charge in [-0.15, -0.1) is 0 Å². The number of hydrogen-bond acceptors (Lipinski definition) is 6. The summed E-state index contributed by atoms with van der Waals surface area (Å²) < 4.78 is 16.0. The van der Waals surface area contributed by atoms with E-state index in [1.54, 1.807) is 31.4 Å². The molecule has 4 aromatic rings. The van der Waals surface area contributed by atoms with Crippen LogP contribution in [0.3, 0.4) is 0 Å². The monoisotopic (exact) mass is 457 g/mol. The number of piperazine rings is 1. The van der Waals surface area contributed by atoms with E-state index in [1.165, 1.54) is 16.9 Å². The number of halogens is 1. The number of anilines is 2. The van der Waals surface area contributed by atoms with E-state index < -0.39 is 11.7 Å². The van der Waals surface area contributed by atoms with Gasteiger partial charge in [0.25, 0.3) is 5.91 Å². The van der Waals surface area contributed by atoms with Crippen molar-refractivity contribution in [1.82, 2.24) is 20.1 Å². The van der Waals surface area contributed by atoms with E-state index in [-0.39, 0.29) is 5.52 Å². The predicted octanol–water partition coefficient (Wildman–Crippen LogP) is 3.57. The molecular weight excluding hydrogens is 433 g/mol. The molecule has 2 N–H and O–H groups in total. The average Bonchev–Trinajstić information content (AvgIpc) is 3.18. The second-order valence-electron chi connectivity index (χ2n) is 8.89. The van der Waals surface area contributed by atoms with Crippen LogP contribution in [0.2, 0.25) is 0 Å². The first kappa shape index (κ1) is 21.8. The van der Waals surface area contributed by atoms with E-state index in [9.17, 15) is 14.4 Å². The lowest BCUT2D eigenvalue weighted by Crippen LogP contribution is -2.54. The van der Waals surface area contributed by atoms with Crippen LogP contribution in [0.4, 0.5) is 15.8 Å². The first-order chi connectivity index (χ1) is 16.3. The number of nitrogens with zero attached hydrogens (tertiary/aromatic N) is 5. The molecule has 9 heteroatoms. The number of carbonyl (C=O) groups is 1. The van der Waals surface area contributed by atoms with Crippen LogP contribution in [0.1, 0.15) is 29.8 Å². The van der Waals surface area contributed by atoms with Crippen molar-refractivity contribution < 1.29 is 9.18 Å². The molecule has 5 rings (SSSR count). The highest BCUT2D eigenvalue weighted by molar-refractivity contribution is 6.14. The molecule has 172 valence electrons. The van der Waals surface area contributed by atoms with Crippen molar-refractivity contribution in [3.05, 3.63) is 59.7 Å². The summed E-state index contributed by atoms with van der Waals surface area (Å²) in [6.45, 7) is 5.85. The number of benzene rings is 2. The van der Waals surface area contributed by atoms with Crippen LogP contribution >= 0.6 is 0 Å². The number of fused-ring (bicyclic) bond motifs is 2. The third-order valence-corrected chi connectivity index (χ3v) is 6.03. The summed E-state index contributed by atoms with van der Waals surface area (Å²) >= 11 is 0. The molecule has 1 saturated heterocycles. The Kier molecular flexibility index (Phi) is 5.38. The summed E-state index contributed by atoms with van der Waals surface area (Å²) in [5, 5.41) is 21.2. The highest BCUT2D eigenvalue weighted by Gasteiger charge is 2.24. The number of aromatic nitrogens is 3. The number of carbonyl (C=O) groups excluding carboxylic acids is 1. The largest absolute Gasteiger partial charge is 0.368 e. The number of pyridine rings is 1. The number of nitriles is 1. The van der Waals surface area contributed by atoms with E-state index in [2.05, 4.69) is 45.5 Å². The first-order valence-electron chi connectivity index (χ1n) is 11.1. The van der Waals surface area contributed by atoms with E-state index >= 15 is 0 Å². The van der Waals surface area contributed by atoms with Crippen molar-refractivity contribution in [2.75, 3.05) is 23.3 Å². The van der Waals surface area contributed by atoms with Gasteiger partial charge in [-0.25, -0.2) is 4.39 Å². The van der Waals surface area contributed by atoms with Crippen molar-refractivity contribution in [2.45, 2.75) is 25.9 Å². The summed E-state index contributed by atoms with van der Waals surface area (Å²) in [5.41, 5.74) is 2.78. The molecule has 0 saturated carbocycles. The second kappa shape index (κ2) is 8.39. The molecule has 3 heterocycles. The van der Waals surface area contributed by atoms with E-state index in [4.69, 9.17) is 0 Å². The van der Waals surface area contributed by atoms with Crippen LogP contribution in [0.5, 0.6) is 0 Å². The maximum atomic E-state index is 14.5. The first-order valence-corrected chi connectivity index (χ1v) is 11.1. The minimum absolute atomic E-state index is 0.250. The lowest BCUT2D eigenvalue weighted by atomic mass is 10.0. The van der Waals surface area contributed by atoms with Gasteiger partial charge < -0.3 is 15.5 Å². The predicted molar refractivity (Wildman–Crippen MR) is 129 cm³/mol. The smallest absolute Gasteiger partial charge is 0.257 e. The van der Waals surface area contributed by atoms with Crippen LogP contribution in [-0.2, 0) is 7.05 Å². The number of rotatable bonds is 3. The van der Waals surface area contributed by atoms with Gasteiger partial charge in [0.15, 0.2) is 5.82 Å². The fourth-order valence-electron chi connectivity index (χ4n) is 4.73. The van der Waals surface area contributed by atoms with Crippen molar-refractivity contribution in [2.24, 2.45) is 7.05 Å². The number of nitrogens with one attached hydrogen (secondary N) is 2. The molecule has 0 unspecified atom stereocenters. The quantitative estimate of drug-likeness (QED) is 0.488. The number of aryl methyl sites for hydroxylation is 1. The Balaban J connectivity index is 1.55. The van der Waals surface area contributed by atoms with Crippen molar-refractivity contribution in [1.29, 1.82) is 5.26 Å². The molecule has 0 aliphatic carbocycles. The summed E-state index contributed by atoms with van der Waals surface area (Å²) in [6.07, 6.45) is 3.16. The zero-order valence-electron chi connectivity index (χ0n) is 19.1. The maximum Gasteiger partial charge on any atom is 0.257 e. The summed E-state index contributed by atoms with van der Waals surface area (Å²) in [5.74, 6) is -0.911. The van der Waals surface area contributed by atoms with E-state index in [1.807, 2.05) is 6.07 Å². The summed E-state index contributed by atoms with van der Waals surface area (Å²) in [4.78, 5) is 20.0. The standard InChI is InChI=1S/C25H24FN7O/c1-14-11-33(12-15(2)29-14)22-5-4-19(24-20(22)6-16(9-27)10-28-24)25(34)30-18-7-17-13-32(3)31-23(17)21(26)8-18/h4-8,10,13-15,29H,11-12H2,1-3H3,(H,30,34)/t14-,15-/m0/s1. The van der Waals surface area contributed by atoms with Crippen LogP contribution in [-0.4, -0.2) is 45.8 Å². The molecule has 1 aliphatic heterocycles. The van der Waals surface area contributed by atoms with Crippen molar-refractivity contribution in [3.8, 4) is 6.07 Å². The van der Waals surface area contributed by atoms with Gasteiger partial charge in [0, 0.05) is 66.8 Å². The van der Waals surface area contributed by atoms with E-state index in [0.717, 1.165) is 24.2 Å². The van der Waals surface area contributed by atoms with Gasteiger partial charge in [0.05, 0.1) is 16.6 Å². The molecule has 0 bridgehead atoms. The molecule has 2 aromatic heterocycles. The summed E-state index contributed by atoms with van der Waals surface area (Å²) in [6, 6.07) is 11.1. The average molecular weight is 458 g/mol. The highest BCUT2D eigenvalue weighted by atomic mass is 19.1. The lowest BCUT2D eigenvalue weighted by Gasteiger charge is -2.38. The molecule has 34 heavy (non-hydrogen) atoms. The Morgan fingerprint density at radius 2 is 1.97 bits per heavy atom. The second-order valence-corrected chi connectivity index (χ2v) is 8.89. The van der Waals surface area contributed by atoms with Gasteiger partial charge in [0.1, 0.15) is 11.6 Å². The van der Waals surface area contributed by atoms with Gasteiger partial charge in [0.2, 0.25) is 0 Å². The zero-order valence-corrected chi connectivity index (χ0v) is 19.1. The molecule has 1 fully saturated rings. The van der Waals surface area contributed by atoms with Crippen LogP contribution in [0.25, 0.3) is 21.8 Å². The minimum Gasteiger partial charge on any atom is -0.368 e. The van der Waals surface area contributed by atoms with Crippen molar-refractivity contribution >= 4 is 39.1 Å². The molecule has 0 spiro atoms. The fraction of sp³-hybridized carbons (Fsp3) is 0.280. The lowest BCUT2D eigenvalue weighted by molar-refractivity contribution is 0.102. The molecule has 1 aliphatic rings. The Morgan fingerprint density at radius 1 is 1.21 bits per heavy atom. The van der Waals surface area contributed by atoms with Gasteiger partial charge in [-0.3, -0.25) is 14.5 Å². The number of amides is 1. The normalized spacial score (nSPS) is 18.3. The SMILES string of the molecule is C[C@H]1CN(c2ccc(C(=O)Nc3cc(F)c4nn(C)cc4c3)c3ncc(C#N)cc23)C[C@H](C)N1. The molecular formula is C25H24FN7O. The van der Waals surface area contributed by atoms with E-state index in [0.29, 0.717) is 39.8 Å². The third-order valence-electron chi connectivity index (χ3n) is 6.03. The van der Waals surface area contributed by atoms with Crippen molar-refractivity contribution in [3.63, 3.8) is 0 Å². The Hall–Kier alpha value is -4.03. The van der Waals surface area contributed by atoms with Crippen LogP contribution in [0, 0.1) is 17.1 Å². The van der Waals surface area contributed by atoms with Crippen LogP contribution in [0.15, 0.2) is 42.7 Å². The number of hydrogen-bond donors (Lipinski definition) is 2. The molecule has 0 radical (unpaired) electrons. The van der Waals surface area contributed by atoms with Gasteiger partial charge in [-0.2, -0.15) is 10.4 Å². The Labute approximate surface area is 196 Å². The maximum absolute atomic E-state index is 14.5. The third kappa shape index (κ3) is 3.93. The minimum atomic E-state index is -0.507. The Morgan fingerprint density at radius 3 is 2.71 bits per heavy atom. The topological polar surface area (TPSA) is 98.9 Å². The fourth-order valence-corrected chi connectivity index (χ4v) is 4.73. The van der Waals surface area contributed by atoms with Gasteiger partial charge in [-0.1, -0.05) is 0 Å². The zero-order chi connectivity index (χ0) is 24.0. The molecule has 8 nitrogen and oxygen atoms in total. The highest BCUT2D eigenvalue weighted by Crippen LogP contribution is 2.31. The Bertz CT molecular complexity index is 1460. The van der Waals surface area contributed by atoms with Gasteiger partial charge in [-0.05, 0) is 44.2 Å². The molecule has 1 amide bonds. The molecule has 2 aromatic carbocycles. The van der Waals surface area contributed by atoms with Gasteiger partial charge >= 0.3 is 0 Å². The molecule has 2 atom stereocenters.